The zero-order valence-corrected chi connectivity index (χ0v) is 21.4. The molecule has 2 heterocycles. The number of aryl methyl sites for hydroxylation is 1. The lowest BCUT2D eigenvalue weighted by molar-refractivity contribution is -0.121. The van der Waals surface area contributed by atoms with E-state index >= 15 is 0 Å². The third-order valence-electron chi connectivity index (χ3n) is 6.12. The minimum absolute atomic E-state index is 0.137. The van der Waals surface area contributed by atoms with Crippen LogP contribution in [0.2, 0.25) is 0 Å². The first-order chi connectivity index (χ1) is 16.5. The van der Waals surface area contributed by atoms with E-state index in [1.165, 1.54) is 23.2 Å². The molecule has 9 heteroatoms. The monoisotopic (exact) mass is 505 g/mol. The van der Waals surface area contributed by atoms with Crippen LogP contribution in [-0.4, -0.2) is 45.6 Å². The normalized spacial score (nSPS) is 15.5. The van der Waals surface area contributed by atoms with Gasteiger partial charge < -0.3 is 20.3 Å². The van der Waals surface area contributed by atoms with E-state index in [-0.39, 0.29) is 17.2 Å². The maximum Gasteiger partial charge on any atom is 0.267 e. The van der Waals surface area contributed by atoms with Crippen LogP contribution in [0.3, 0.4) is 0 Å². The Morgan fingerprint density at radius 3 is 2.53 bits per heavy atom. The standard InChI is InChI=1S/C25H35N3O4S2/c1-28-20-12-6-5-11-19(20)23(30)22(25(28)32)24(31)27-16-9-3-2-8-15-26-21(29)13-7-4-10-18-14-17-33-34-18/h5-6,11-12,18,30H,2-4,7-10,13-17H2,1H3,(H,26,29)(H,27,31). The number of para-hydroxylation sites is 1. The van der Waals surface area contributed by atoms with Gasteiger partial charge in [-0.3, -0.25) is 14.4 Å². The molecule has 1 atom stereocenters. The number of nitrogens with zero attached hydrogens (tertiary/aromatic N) is 1. The van der Waals surface area contributed by atoms with E-state index < -0.39 is 11.5 Å². The molecule has 2 amide bonds. The average Bonchev–Trinajstić information content (AvgIpc) is 3.36. The van der Waals surface area contributed by atoms with Crippen molar-refractivity contribution in [2.45, 2.75) is 63.0 Å². The van der Waals surface area contributed by atoms with E-state index in [2.05, 4.69) is 10.6 Å². The van der Waals surface area contributed by atoms with Crippen LogP contribution < -0.4 is 16.2 Å². The summed E-state index contributed by atoms with van der Waals surface area (Å²) in [7, 11) is 5.55. The molecule has 1 aliphatic rings. The van der Waals surface area contributed by atoms with Crippen molar-refractivity contribution in [2.24, 2.45) is 7.05 Å². The second-order valence-corrected chi connectivity index (χ2v) is 11.5. The highest BCUT2D eigenvalue weighted by molar-refractivity contribution is 8.77. The third kappa shape index (κ3) is 7.43. The lowest BCUT2D eigenvalue weighted by atomic mass is 10.1. The Balaban J connectivity index is 1.27. The summed E-state index contributed by atoms with van der Waals surface area (Å²) in [6.45, 7) is 1.11. The molecule has 0 saturated carbocycles. The van der Waals surface area contributed by atoms with E-state index in [0.717, 1.165) is 43.8 Å². The van der Waals surface area contributed by atoms with Gasteiger partial charge in [0.15, 0.2) is 0 Å². The van der Waals surface area contributed by atoms with E-state index in [0.29, 0.717) is 30.4 Å². The lowest BCUT2D eigenvalue weighted by Gasteiger charge is -2.12. The molecule has 1 aromatic carbocycles. The van der Waals surface area contributed by atoms with Crippen molar-refractivity contribution < 1.29 is 14.7 Å². The van der Waals surface area contributed by atoms with Crippen LogP contribution in [0.4, 0.5) is 0 Å². The van der Waals surface area contributed by atoms with Crippen LogP contribution in [-0.2, 0) is 11.8 Å². The zero-order chi connectivity index (χ0) is 24.3. The second kappa shape index (κ2) is 13.7. The van der Waals surface area contributed by atoms with E-state index in [4.69, 9.17) is 0 Å². The smallest absolute Gasteiger partial charge is 0.267 e. The maximum atomic E-state index is 12.6. The number of aromatic hydroxyl groups is 1. The number of unbranched alkanes of at least 4 members (excludes halogenated alkanes) is 4. The van der Waals surface area contributed by atoms with Crippen molar-refractivity contribution in [1.29, 1.82) is 0 Å². The Bertz CT molecular complexity index is 1030. The summed E-state index contributed by atoms with van der Waals surface area (Å²) in [4.78, 5) is 37.0. The quantitative estimate of drug-likeness (QED) is 0.276. The van der Waals surface area contributed by atoms with Gasteiger partial charge in [0.2, 0.25) is 5.91 Å². The van der Waals surface area contributed by atoms with Crippen LogP contribution in [0.1, 0.15) is 68.1 Å². The molecule has 0 bridgehead atoms. The molecule has 1 fully saturated rings. The number of hydrogen-bond acceptors (Lipinski definition) is 6. The molecule has 7 nitrogen and oxygen atoms in total. The Morgan fingerprint density at radius 1 is 1.06 bits per heavy atom. The number of fused-ring (bicyclic) bond motifs is 1. The molecule has 3 rings (SSSR count). The highest BCUT2D eigenvalue weighted by Gasteiger charge is 2.20. The fourth-order valence-corrected chi connectivity index (χ4v) is 7.14. The first-order valence-corrected chi connectivity index (χ1v) is 14.5. The number of hydrogen-bond donors (Lipinski definition) is 3. The number of carbonyl (C=O) groups is 2. The SMILES string of the molecule is Cn1c(=O)c(C(=O)NCCCCCCNC(=O)CCCCC2CCSS2)c(O)c2ccccc21. The van der Waals surface area contributed by atoms with E-state index in [1.54, 1.807) is 31.3 Å². The largest absolute Gasteiger partial charge is 0.506 e. The molecule has 1 aliphatic heterocycles. The number of aromatic nitrogens is 1. The molecule has 0 radical (unpaired) electrons. The number of benzene rings is 1. The van der Waals surface area contributed by atoms with Crippen molar-refractivity contribution in [1.82, 2.24) is 15.2 Å². The predicted molar refractivity (Wildman–Crippen MR) is 142 cm³/mol. The van der Waals surface area contributed by atoms with Crippen molar-refractivity contribution in [2.75, 3.05) is 18.8 Å². The number of nitrogens with one attached hydrogen (secondary N) is 2. The highest BCUT2D eigenvalue weighted by Crippen LogP contribution is 2.39. The predicted octanol–water partition coefficient (Wildman–Crippen LogP) is 4.36. The van der Waals surface area contributed by atoms with Gasteiger partial charge in [-0.2, -0.15) is 0 Å². The molecule has 2 aromatic rings. The molecular weight excluding hydrogens is 470 g/mol. The van der Waals surface area contributed by atoms with Crippen molar-refractivity contribution in [3.05, 3.63) is 40.2 Å². The van der Waals surface area contributed by atoms with E-state index in [1.807, 2.05) is 21.6 Å². The van der Waals surface area contributed by atoms with Crippen LogP contribution in [0.25, 0.3) is 10.9 Å². The Hall–Kier alpha value is -2.13. The van der Waals surface area contributed by atoms with Gasteiger partial charge in [-0.1, -0.05) is 53.0 Å². The zero-order valence-electron chi connectivity index (χ0n) is 19.8. The van der Waals surface area contributed by atoms with Gasteiger partial charge >= 0.3 is 0 Å². The Labute approximate surface area is 208 Å². The number of amides is 2. The minimum Gasteiger partial charge on any atom is -0.506 e. The first kappa shape index (κ1) is 26.5. The molecule has 0 aliphatic carbocycles. The topological polar surface area (TPSA) is 100 Å². The molecule has 34 heavy (non-hydrogen) atoms. The second-order valence-electron chi connectivity index (χ2n) is 8.70. The summed E-state index contributed by atoms with van der Waals surface area (Å²) in [6, 6.07) is 6.96. The summed E-state index contributed by atoms with van der Waals surface area (Å²) in [6.07, 6.45) is 8.76. The summed E-state index contributed by atoms with van der Waals surface area (Å²) in [5, 5.41) is 17.5. The fourth-order valence-electron chi connectivity index (χ4n) is 4.12. The average molecular weight is 506 g/mol. The van der Waals surface area contributed by atoms with Crippen LogP contribution >= 0.6 is 21.6 Å². The van der Waals surface area contributed by atoms with Gasteiger partial charge in [0, 0.05) is 42.9 Å². The molecule has 1 unspecified atom stereocenters. The molecule has 1 aromatic heterocycles. The summed E-state index contributed by atoms with van der Waals surface area (Å²) >= 11 is 0. The van der Waals surface area contributed by atoms with Crippen molar-refractivity contribution in [3.8, 4) is 5.75 Å². The molecule has 186 valence electrons. The molecule has 3 N–H and O–H groups in total. The van der Waals surface area contributed by atoms with Gasteiger partial charge in [0.25, 0.3) is 11.5 Å². The molecular formula is C25H35N3O4S2. The van der Waals surface area contributed by atoms with Gasteiger partial charge in [-0.05, 0) is 44.2 Å². The van der Waals surface area contributed by atoms with Gasteiger partial charge in [0.1, 0.15) is 11.3 Å². The number of rotatable bonds is 13. The lowest BCUT2D eigenvalue weighted by Crippen LogP contribution is -2.33. The third-order valence-corrected chi connectivity index (χ3v) is 9.13. The summed E-state index contributed by atoms with van der Waals surface area (Å²) in [5.74, 6) is 0.568. The fraction of sp³-hybridized carbons (Fsp3) is 0.560. The van der Waals surface area contributed by atoms with Gasteiger partial charge in [-0.25, -0.2) is 0 Å². The highest BCUT2D eigenvalue weighted by atomic mass is 33.1. The van der Waals surface area contributed by atoms with Gasteiger partial charge in [-0.15, -0.1) is 0 Å². The van der Waals surface area contributed by atoms with E-state index in [9.17, 15) is 19.5 Å². The summed E-state index contributed by atoms with van der Waals surface area (Å²) < 4.78 is 1.38. The van der Waals surface area contributed by atoms with Crippen LogP contribution in [0.5, 0.6) is 5.75 Å². The molecule has 1 saturated heterocycles. The number of pyridine rings is 1. The Kier molecular flexibility index (Phi) is 10.7. The van der Waals surface area contributed by atoms with Crippen LogP contribution in [0.15, 0.2) is 29.1 Å². The Morgan fingerprint density at radius 2 is 1.79 bits per heavy atom. The number of carbonyl (C=O) groups excluding carboxylic acids is 2. The maximum absolute atomic E-state index is 12.6. The van der Waals surface area contributed by atoms with Crippen molar-refractivity contribution >= 4 is 44.3 Å². The minimum atomic E-state index is -0.554. The summed E-state index contributed by atoms with van der Waals surface area (Å²) in [5.41, 5.74) is -0.151. The first-order valence-electron chi connectivity index (χ1n) is 12.1. The molecule has 0 spiro atoms. The van der Waals surface area contributed by atoms with Crippen molar-refractivity contribution in [3.63, 3.8) is 0 Å². The van der Waals surface area contributed by atoms with Gasteiger partial charge in [0.05, 0.1) is 5.52 Å². The van der Waals surface area contributed by atoms with Crippen LogP contribution in [0, 0.1) is 0 Å².